The summed E-state index contributed by atoms with van der Waals surface area (Å²) in [6.07, 6.45) is 7.40. The lowest BCUT2D eigenvalue weighted by Crippen LogP contribution is -2.28. The molecule has 1 heterocycles. The largest absolute Gasteiger partial charge is 0.393 e. The van der Waals surface area contributed by atoms with Crippen molar-refractivity contribution in [3.63, 3.8) is 0 Å². The predicted molar refractivity (Wildman–Crippen MR) is 83.6 cm³/mol. The fraction of sp³-hybridized carbons (Fsp3) is 0.889. The van der Waals surface area contributed by atoms with E-state index in [-0.39, 0.29) is 6.10 Å². The number of hydrogen-bond acceptors (Lipinski definition) is 2. The molecule has 0 amide bonds. The van der Waals surface area contributed by atoms with Gasteiger partial charge in [-0.2, -0.15) is 0 Å². The van der Waals surface area contributed by atoms with Crippen LogP contribution in [0.4, 0.5) is 0 Å². The maximum atomic E-state index is 9.73. The van der Waals surface area contributed by atoms with Gasteiger partial charge in [0.15, 0.2) is 0 Å². The first-order chi connectivity index (χ1) is 9.45. The molecule has 0 radical (unpaired) electrons. The SMILES string of the molecule is CC1=C(CCN2C[C@H]3CC(O)C[C@H]3C2)C(C)(C)CCC1. The zero-order valence-corrected chi connectivity index (χ0v) is 13.5. The highest BCUT2D eigenvalue weighted by molar-refractivity contribution is 5.22. The maximum Gasteiger partial charge on any atom is 0.0546 e. The molecule has 2 aliphatic carbocycles. The van der Waals surface area contributed by atoms with E-state index in [2.05, 4.69) is 25.7 Å². The molecule has 1 unspecified atom stereocenters. The highest BCUT2D eigenvalue weighted by atomic mass is 16.3. The molecule has 0 aromatic rings. The molecule has 1 saturated heterocycles. The third-order valence-electron chi connectivity index (χ3n) is 6.17. The Morgan fingerprint density at radius 3 is 2.45 bits per heavy atom. The molecule has 3 rings (SSSR count). The first-order valence-electron chi connectivity index (χ1n) is 8.55. The highest BCUT2D eigenvalue weighted by Crippen LogP contribution is 2.43. The number of likely N-dealkylation sites (tertiary alicyclic amines) is 1. The Balaban J connectivity index is 1.56. The number of hydrogen-bond donors (Lipinski definition) is 1. The molecule has 0 bridgehead atoms. The van der Waals surface area contributed by atoms with E-state index in [0.29, 0.717) is 5.41 Å². The van der Waals surface area contributed by atoms with Crippen LogP contribution in [0.5, 0.6) is 0 Å². The van der Waals surface area contributed by atoms with Crippen molar-refractivity contribution in [2.24, 2.45) is 17.3 Å². The van der Waals surface area contributed by atoms with Crippen molar-refractivity contribution < 1.29 is 5.11 Å². The van der Waals surface area contributed by atoms with E-state index < -0.39 is 0 Å². The van der Waals surface area contributed by atoms with Crippen LogP contribution in [0.2, 0.25) is 0 Å². The average Bonchev–Trinajstić information content (AvgIpc) is 2.84. The molecule has 2 fully saturated rings. The molecule has 2 nitrogen and oxygen atoms in total. The van der Waals surface area contributed by atoms with Gasteiger partial charge in [0.25, 0.3) is 0 Å². The van der Waals surface area contributed by atoms with Gasteiger partial charge in [-0.3, -0.25) is 0 Å². The minimum absolute atomic E-state index is 0.00520. The van der Waals surface area contributed by atoms with Crippen LogP contribution in [0.15, 0.2) is 11.1 Å². The van der Waals surface area contributed by atoms with Crippen molar-refractivity contribution in [1.82, 2.24) is 4.90 Å². The number of fused-ring (bicyclic) bond motifs is 1. The van der Waals surface area contributed by atoms with Gasteiger partial charge in [0.1, 0.15) is 0 Å². The third-order valence-corrected chi connectivity index (χ3v) is 6.17. The van der Waals surface area contributed by atoms with Crippen molar-refractivity contribution in [2.45, 2.75) is 65.4 Å². The molecular formula is C18H31NO. The molecule has 114 valence electrons. The van der Waals surface area contributed by atoms with Gasteiger partial charge >= 0.3 is 0 Å². The number of rotatable bonds is 3. The van der Waals surface area contributed by atoms with Gasteiger partial charge in [0.05, 0.1) is 6.10 Å². The second-order valence-corrected chi connectivity index (χ2v) is 8.15. The summed E-state index contributed by atoms with van der Waals surface area (Å²) in [6, 6.07) is 0. The fourth-order valence-electron chi connectivity index (χ4n) is 5.04. The fourth-order valence-corrected chi connectivity index (χ4v) is 5.04. The first-order valence-corrected chi connectivity index (χ1v) is 8.55. The van der Waals surface area contributed by atoms with E-state index in [9.17, 15) is 5.11 Å². The molecule has 3 atom stereocenters. The molecule has 0 aromatic carbocycles. The van der Waals surface area contributed by atoms with Gasteiger partial charge in [-0.15, -0.1) is 0 Å². The number of aliphatic hydroxyl groups is 1. The summed E-state index contributed by atoms with van der Waals surface area (Å²) >= 11 is 0. The van der Waals surface area contributed by atoms with Crippen molar-refractivity contribution >= 4 is 0 Å². The van der Waals surface area contributed by atoms with Crippen LogP contribution in [0.25, 0.3) is 0 Å². The van der Waals surface area contributed by atoms with Crippen molar-refractivity contribution in [3.05, 3.63) is 11.1 Å². The van der Waals surface area contributed by atoms with Gasteiger partial charge in [-0.05, 0) is 62.7 Å². The molecule has 3 aliphatic rings. The molecule has 1 aliphatic heterocycles. The smallest absolute Gasteiger partial charge is 0.0546 e. The number of allylic oxidation sites excluding steroid dienone is 1. The van der Waals surface area contributed by atoms with E-state index in [1.807, 2.05) is 0 Å². The minimum Gasteiger partial charge on any atom is -0.393 e. The van der Waals surface area contributed by atoms with Crippen LogP contribution in [0, 0.1) is 17.3 Å². The Morgan fingerprint density at radius 2 is 1.85 bits per heavy atom. The summed E-state index contributed by atoms with van der Waals surface area (Å²) in [5, 5.41) is 9.73. The topological polar surface area (TPSA) is 23.5 Å². The highest BCUT2D eigenvalue weighted by Gasteiger charge is 2.40. The second kappa shape index (κ2) is 5.46. The zero-order valence-electron chi connectivity index (χ0n) is 13.5. The Labute approximate surface area is 124 Å². The van der Waals surface area contributed by atoms with Gasteiger partial charge in [0.2, 0.25) is 0 Å². The van der Waals surface area contributed by atoms with Gasteiger partial charge < -0.3 is 10.0 Å². The lowest BCUT2D eigenvalue weighted by molar-refractivity contribution is 0.162. The quantitative estimate of drug-likeness (QED) is 0.797. The van der Waals surface area contributed by atoms with Crippen molar-refractivity contribution in [1.29, 1.82) is 0 Å². The zero-order chi connectivity index (χ0) is 14.3. The van der Waals surface area contributed by atoms with Gasteiger partial charge in [-0.1, -0.05) is 25.0 Å². The molecule has 1 N–H and O–H groups in total. The Bertz CT molecular complexity index is 384. The van der Waals surface area contributed by atoms with Crippen LogP contribution >= 0.6 is 0 Å². The Morgan fingerprint density at radius 1 is 1.20 bits per heavy atom. The predicted octanol–water partition coefficient (Wildman–Crippen LogP) is 3.61. The third kappa shape index (κ3) is 2.82. The summed E-state index contributed by atoms with van der Waals surface area (Å²) in [5.41, 5.74) is 3.82. The van der Waals surface area contributed by atoms with Gasteiger partial charge in [0, 0.05) is 19.6 Å². The molecule has 20 heavy (non-hydrogen) atoms. The lowest BCUT2D eigenvalue weighted by Gasteiger charge is -2.35. The standard InChI is InChI=1S/C18H31NO/c1-13-5-4-7-18(2,3)17(13)6-8-19-11-14-9-16(20)10-15(14)12-19/h14-16,20H,4-12H2,1-3H3/t14-,15+,16?. The average molecular weight is 277 g/mol. The summed E-state index contributed by atoms with van der Waals surface area (Å²) in [4.78, 5) is 2.66. The summed E-state index contributed by atoms with van der Waals surface area (Å²) < 4.78 is 0. The Kier molecular flexibility index (Phi) is 3.98. The molecule has 0 spiro atoms. The molecule has 0 aromatic heterocycles. The van der Waals surface area contributed by atoms with E-state index in [4.69, 9.17) is 0 Å². The van der Waals surface area contributed by atoms with Crippen molar-refractivity contribution in [2.75, 3.05) is 19.6 Å². The monoisotopic (exact) mass is 277 g/mol. The normalized spacial score (nSPS) is 37.5. The molecular weight excluding hydrogens is 246 g/mol. The lowest BCUT2D eigenvalue weighted by atomic mass is 9.71. The van der Waals surface area contributed by atoms with E-state index in [0.717, 1.165) is 24.7 Å². The first kappa shape index (κ1) is 14.6. The summed E-state index contributed by atoms with van der Waals surface area (Å²) in [5.74, 6) is 1.55. The van der Waals surface area contributed by atoms with E-state index in [1.54, 1.807) is 11.1 Å². The van der Waals surface area contributed by atoms with Crippen LogP contribution < -0.4 is 0 Å². The number of aliphatic hydroxyl groups excluding tert-OH is 1. The summed E-state index contributed by atoms with van der Waals surface area (Å²) in [6.45, 7) is 10.9. The summed E-state index contributed by atoms with van der Waals surface area (Å²) in [7, 11) is 0. The number of nitrogens with zero attached hydrogens (tertiary/aromatic N) is 1. The van der Waals surface area contributed by atoms with E-state index in [1.165, 1.54) is 45.3 Å². The maximum absolute atomic E-state index is 9.73. The Hall–Kier alpha value is -0.340. The van der Waals surface area contributed by atoms with E-state index >= 15 is 0 Å². The molecule has 1 saturated carbocycles. The van der Waals surface area contributed by atoms with Crippen molar-refractivity contribution in [3.8, 4) is 0 Å². The van der Waals surface area contributed by atoms with Gasteiger partial charge in [-0.25, -0.2) is 0 Å². The van der Waals surface area contributed by atoms with Crippen LogP contribution in [-0.2, 0) is 0 Å². The van der Waals surface area contributed by atoms with Crippen LogP contribution in [0.1, 0.15) is 59.3 Å². The van der Waals surface area contributed by atoms with Crippen LogP contribution in [0.3, 0.4) is 0 Å². The second-order valence-electron chi connectivity index (χ2n) is 8.15. The molecule has 2 heteroatoms. The minimum atomic E-state index is -0.00520. The van der Waals surface area contributed by atoms with Crippen LogP contribution in [-0.4, -0.2) is 35.7 Å².